The molecule has 0 rings (SSSR count). The zero-order valence-electron chi connectivity index (χ0n) is 35.3. The van der Waals surface area contributed by atoms with E-state index >= 15 is 0 Å². The summed E-state index contributed by atoms with van der Waals surface area (Å²) in [6, 6.07) is -0.627. The fourth-order valence-electron chi connectivity index (χ4n) is 5.63. The van der Waals surface area contributed by atoms with Crippen molar-refractivity contribution in [3.05, 3.63) is 85.1 Å². The second-order valence-corrected chi connectivity index (χ2v) is 15.0. The van der Waals surface area contributed by atoms with Crippen molar-refractivity contribution in [2.45, 2.75) is 154 Å². The number of ether oxygens (including phenoxy) is 3. The number of unbranched alkanes of at least 4 members (excludes halogenated alkanes) is 13. The van der Waals surface area contributed by atoms with Crippen LogP contribution in [-0.2, 0) is 28.6 Å². The Morgan fingerprint density at radius 1 is 0.564 bits per heavy atom. The zero-order chi connectivity index (χ0) is 40.7. The van der Waals surface area contributed by atoms with Gasteiger partial charge in [0.15, 0.2) is 12.1 Å². The predicted molar refractivity (Wildman–Crippen MR) is 229 cm³/mol. The average Bonchev–Trinajstić information content (AvgIpc) is 3.14. The molecule has 312 valence electrons. The number of hydrogen-bond donors (Lipinski definition) is 1. The minimum atomic E-state index is -0.887. The van der Waals surface area contributed by atoms with Gasteiger partial charge in [-0.1, -0.05) is 150 Å². The normalized spacial score (nSPS) is 13.8. The molecule has 8 heteroatoms. The quantitative estimate of drug-likeness (QED) is 0.0293. The molecule has 8 nitrogen and oxygen atoms in total. The van der Waals surface area contributed by atoms with E-state index in [1.807, 2.05) is 39.4 Å². The standard InChI is InChI=1S/C47H77NO7/c1-6-8-10-12-14-16-18-20-21-22-23-24-26-27-29-31-33-35-37-45(49)54-42-43(41-53-40-39-44(47(51)52)48(3,4)5)55-46(50)38-36-34-32-30-28-25-19-17-15-13-11-9-7-2/h9,11,13-24,43-44H,6-8,10,12,25-42H2,1-5H3/p+1/b11-9+,15-13+,16-14+,19-17+,20-18+,22-21+,24-23+. The lowest BCUT2D eigenvalue weighted by Crippen LogP contribution is -2.50. The van der Waals surface area contributed by atoms with Crippen LogP contribution >= 0.6 is 0 Å². The lowest BCUT2D eigenvalue weighted by Gasteiger charge is -2.31. The van der Waals surface area contributed by atoms with Gasteiger partial charge in [-0.3, -0.25) is 9.59 Å². The maximum atomic E-state index is 12.7. The third-order valence-corrected chi connectivity index (χ3v) is 8.93. The largest absolute Gasteiger partial charge is 0.477 e. The number of rotatable bonds is 36. The summed E-state index contributed by atoms with van der Waals surface area (Å²) in [4.78, 5) is 36.9. The maximum absolute atomic E-state index is 12.7. The first-order chi connectivity index (χ1) is 26.6. The van der Waals surface area contributed by atoms with Gasteiger partial charge in [0, 0.05) is 19.3 Å². The van der Waals surface area contributed by atoms with Gasteiger partial charge in [-0.05, 0) is 57.8 Å². The van der Waals surface area contributed by atoms with E-state index in [0.29, 0.717) is 19.3 Å². The highest BCUT2D eigenvalue weighted by Crippen LogP contribution is 2.12. The van der Waals surface area contributed by atoms with Crippen molar-refractivity contribution >= 4 is 17.9 Å². The molecule has 55 heavy (non-hydrogen) atoms. The molecule has 0 fully saturated rings. The Balaban J connectivity index is 4.46. The molecule has 0 aromatic rings. The smallest absolute Gasteiger partial charge is 0.362 e. The van der Waals surface area contributed by atoms with Gasteiger partial charge in [-0.25, -0.2) is 4.79 Å². The van der Waals surface area contributed by atoms with Crippen LogP contribution in [0, 0.1) is 0 Å². The van der Waals surface area contributed by atoms with Gasteiger partial charge in [-0.2, -0.15) is 0 Å². The molecule has 2 atom stereocenters. The highest BCUT2D eigenvalue weighted by atomic mass is 16.6. The summed E-state index contributed by atoms with van der Waals surface area (Å²) in [5.41, 5.74) is 0. The van der Waals surface area contributed by atoms with Crippen LogP contribution in [-0.4, -0.2) is 80.6 Å². The Bertz CT molecular complexity index is 1170. The number of hydrogen-bond acceptors (Lipinski definition) is 6. The van der Waals surface area contributed by atoms with E-state index in [9.17, 15) is 19.5 Å². The molecule has 2 unspecified atom stereocenters. The van der Waals surface area contributed by atoms with Crippen molar-refractivity contribution in [3.63, 3.8) is 0 Å². The molecular formula is C47H78NO7+. The van der Waals surface area contributed by atoms with Crippen LogP contribution in [0.3, 0.4) is 0 Å². The fraction of sp³-hybridized carbons (Fsp3) is 0.638. The minimum Gasteiger partial charge on any atom is -0.477 e. The van der Waals surface area contributed by atoms with Crippen LogP contribution in [0.1, 0.15) is 142 Å². The lowest BCUT2D eigenvalue weighted by molar-refractivity contribution is -0.887. The number of aliphatic carboxylic acids is 1. The molecule has 0 aliphatic heterocycles. The number of esters is 2. The summed E-state index contributed by atoms with van der Waals surface area (Å²) in [7, 11) is 5.49. The first kappa shape index (κ1) is 51.5. The van der Waals surface area contributed by atoms with Crippen molar-refractivity contribution in [1.29, 1.82) is 0 Å². The van der Waals surface area contributed by atoms with Gasteiger partial charge in [0.25, 0.3) is 0 Å². The molecule has 0 saturated heterocycles. The third-order valence-electron chi connectivity index (χ3n) is 8.93. The Kier molecular flexibility index (Phi) is 35.1. The molecule has 0 aromatic heterocycles. The molecule has 0 aromatic carbocycles. The van der Waals surface area contributed by atoms with E-state index < -0.39 is 18.1 Å². The minimum absolute atomic E-state index is 0.0393. The summed E-state index contributed by atoms with van der Waals surface area (Å²) in [6.07, 6.45) is 47.6. The fourth-order valence-corrected chi connectivity index (χ4v) is 5.63. The highest BCUT2D eigenvalue weighted by Gasteiger charge is 2.31. The van der Waals surface area contributed by atoms with E-state index in [1.54, 1.807) is 0 Å². The summed E-state index contributed by atoms with van der Waals surface area (Å²) < 4.78 is 17.2. The van der Waals surface area contributed by atoms with E-state index in [1.165, 1.54) is 19.3 Å². The molecule has 0 saturated carbocycles. The number of carbonyl (C=O) groups excluding carboxylic acids is 2. The number of carbonyl (C=O) groups is 3. The van der Waals surface area contributed by atoms with Gasteiger partial charge >= 0.3 is 17.9 Å². The first-order valence-corrected chi connectivity index (χ1v) is 21.2. The van der Waals surface area contributed by atoms with Gasteiger partial charge in [0.2, 0.25) is 0 Å². The van der Waals surface area contributed by atoms with Crippen LogP contribution in [0.4, 0.5) is 0 Å². The molecule has 0 spiro atoms. The number of likely N-dealkylation sites (N-methyl/N-ethyl adjacent to an activating group) is 1. The molecule has 0 amide bonds. The van der Waals surface area contributed by atoms with Crippen LogP contribution < -0.4 is 0 Å². The average molecular weight is 769 g/mol. The second-order valence-electron chi connectivity index (χ2n) is 15.0. The maximum Gasteiger partial charge on any atom is 0.362 e. The zero-order valence-corrected chi connectivity index (χ0v) is 35.3. The van der Waals surface area contributed by atoms with Crippen LogP contribution in [0.25, 0.3) is 0 Å². The summed E-state index contributed by atoms with van der Waals surface area (Å²) >= 11 is 0. The summed E-state index contributed by atoms with van der Waals surface area (Å²) in [5, 5.41) is 9.61. The lowest BCUT2D eigenvalue weighted by atomic mass is 10.1. The van der Waals surface area contributed by atoms with Crippen LogP contribution in [0.5, 0.6) is 0 Å². The van der Waals surface area contributed by atoms with E-state index in [0.717, 1.165) is 89.9 Å². The molecule has 0 bridgehead atoms. The van der Waals surface area contributed by atoms with Gasteiger partial charge in [0.1, 0.15) is 6.61 Å². The third kappa shape index (κ3) is 35.9. The molecule has 1 N–H and O–H groups in total. The number of nitrogens with zero attached hydrogens (tertiary/aromatic N) is 1. The predicted octanol–water partition coefficient (Wildman–Crippen LogP) is 11.4. The van der Waals surface area contributed by atoms with Crippen molar-refractivity contribution < 1.29 is 38.2 Å². The molecule has 0 heterocycles. The van der Waals surface area contributed by atoms with Crippen LogP contribution in [0.15, 0.2) is 85.1 Å². The SMILES string of the molecule is CC/C=C/C=C/C=C/CCCCCCCC(=O)OC(COCCC(C(=O)O)[N+](C)(C)C)COC(=O)CCCCCCC/C=C/C=C/C=C/C=C/CCCCC. The van der Waals surface area contributed by atoms with Gasteiger partial charge < -0.3 is 23.8 Å². The van der Waals surface area contributed by atoms with Crippen LogP contribution in [0.2, 0.25) is 0 Å². The first-order valence-electron chi connectivity index (χ1n) is 21.2. The Hall–Kier alpha value is -3.49. The number of carboxylic acid groups (broad SMARTS) is 1. The molecular weight excluding hydrogens is 691 g/mol. The van der Waals surface area contributed by atoms with Crippen molar-refractivity contribution in [2.75, 3.05) is 41.0 Å². The Morgan fingerprint density at radius 2 is 1.02 bits per heavy atom. The van der Waals surface area contributed by atoms with E-state index in [2.05, 4.69) is 80.7 Å². The van der Waals surface area contributed by atoms with Crippen molar-refractivity contribution in [2.24, 2.45) is 0 Å². The molecule has 0 aliphatic carbocycles. The van der Waals surface area contributed by atoms with E-state index in [4.69, 9.17) is 14.2 Å². The van der Waals surface area contributed by atoms with Crippen molar-refractivity contribution in [3.8, 4) is 0 Å². The molecule has 0 radical (unpaired) electrons. The monoisotopic (exact) mass is 769 g/mol. The number of quaternary nitrogens is 1. The van der Waals surface area contributed by atoms with Gasteiger partial charge in [-0.15, -0.1) is 0 Å². The second kappa shape index (κ2) is 37.4. The molecule has 0 aliphatic rings. The summed E-state index contributed by atoms with van der Waals surface area (Å²) in [6.45, 7) is 4.49. The Labute approximate surface area is 335 Å². The topological polar surface area (TPSA) is 99.1 Å². The van der Waals surface area contributed by atoms with Gasteiger partial charge in [0.05, 0.1) is 34.4 Å². The highest BCUT2D eigenvalue weighted by molar-refractivity contribution is 5.72. The van der Waals surface area contributed by atoms with Crippen molar-refractivity contribution in [1.82, 2.24) is 0 Å². The summed E-state index contributed by atoms with van der Waals surface area (Å²) in [5.74, 6) is -1.54. The Morgan fingerprint density at radius 3 is 1.51 bits per heavy atom. The van der Waals surface area contributed by atoms with E-state index in [-0.39, 0.29) is 36.2 Å². The number of carboxylic acids is 1. The number of allylic oxidation sites excluding steroid dienone is 14.